The van der Waals surface area contributed by atoms with Gasteiger partial charge in [-0.3, -0.25) is 9.59 Å². The van der Waals surface area contributed by atoms with Crippen LogP contribution in [0, 0.1) is 5.92 Å². The highest BCUT2D eigenvalue weighted by molar-refractivity contribution is 5.92. The number of benzene rings is 1. The van der Waals surface area contributed by atoms with Crippen molar-refractivity contribution in [3.63, 3.8) is 0 Å². The number of phenols is 1. The zero-order valence-corrected chi connectivity index (χ0v) is 25.3. The highest BCUT2D eigenvalue weighted by Gasteiger charge is 2.37. The number of alkyl carbamates (subject to hydrolysis) is 1. The van der Waals surface area contributed by atoms with Crippen LogP contribution in [-0.2, 0) is 14.3 Å². The van der Waals surface area contributed by atoms with Crippen molar-refractivity contribution in [3.05, 3.63) is 29.8 Å². The highest BCUT2D eigenvalue weighted by Crippen LogP contribution is 2.27. The minimum Gasteiger partial charge on any atom is -0.508 e. The van der Waals surface area contributed by atoms with Gasteiger partial charge < -0.3 is 25.4 Å². The van der Waals surface area contributed by atoms with Crippen LogP contribution in [0.15, 0.2) is 24.3 Å². The molecule has 0 radical (unpaired) electrons. The Morgan fingerprint density at radius 2 is 1.51 bits per heavy atom. The van der Waals surface area contributed by atoms with Gasteiger partial charge in [0.15, 0.2) is 0 Å². The first kappa shape index (κ1) is 34.3. The Morgan fingerprint density at radius 3 is 2.08 bits per heavy atom. The van der Waals surface area contributed by atoms with Crippen LogP contribution < -0.4 is 10.6 Å². The number of carbonyl (C=O) groups excluding carboxylic acids is 3. The van der Waals surface area contributed by atoms with E-state index in [1.807, 2.05) is 13.8 Å². The second kappa shape index (κ2) is 17.7. The monoisotopic (exact) mass is 547 g/mol. The second-order valence-corrected chi connectivity index (χ2v) is 11.4. The van der Waals surface area contributed by atoms with Crippen LogP contribution in [0.25, 0.3) is 0 Å². The standard InChI is InChI=1S/C31H53N3O5/c1-8-11-13-14-16-22-34(29(37)26(23(4)10-3)33-30(38)39-31(5,6)7)27(24-17-19-25(35)20-18-24)28(36)32-21-15-12-9-2/h17-20,23,26-27,35H,8-16,21-22H2,1-7H3,(H,32,36)(H,33,38). The lowest BCUT2D eigenvalue weighted by Gasteiger charge is -2.36. The number of nitrogens with one attached hydrogen (secondary N) is 2. The van der Waals surface area contributed by atoms with Crippen LogP contribution in [-0.4, -0.2) is 52.6 Å². The third kappa shape index (κ3) is 12.8. The van der Waals surface area contributed by atoms with Gasteiger partial charge in [0, 0.05) is 13.1 Å². The van der Waals surface area contributed by atoms with Gasteiger partial charge in [-0.05, 0) is 57.2 Å². The molecule has 3 unspecified atom stereocenters. The molecule has 222 valence electrons. The van der Waals surface area contributed by atoms with Gasteiger partial charge >= 0.3 is 6.09 Å². The molecule has 0 fully saturated rings. The van der Waals surface area contributed by atoms with Crippen LogP contribution in [0.4, 0.5) is 4.79 Å². The summed E-state index contributed by atoms with van der Waals surface area (Å²) in [6, 6.07) is 4.68. The van der Waals surface area contributed by atoms with Crippen molar-refractivity contribution >= 4 is 17.9 Å². The number of hydrogen-bond acceptors (Lipinski definition) is 5. The van der Waals surface area contributed by atoms with Gasteiger partial charge in [0.25, 0.3) is 0 Å². The third-order valence-electron chi connectivity index (χ3n) is 6.79. The fraction of sp³-hybridized carbons (Fsp3) is 0.710. The fourth-order valence-corrected chi connectivity index (χ4v) is 4.36. The Bertz CT molecular complexity index is 866. The quantitative estimate of drug-likeness (QED) is 0.194. The van der Waals surface area contributed by atoms with Gasteiger partial charge in [-0.1, -0.05) is 84.8 Å². The van der Waals surface area contributed by atoms with Crippen LogP contribution in [0.1, 0.15) is 118 Å². The minimum atomic E-state index is -0.891. The Labute approximate surface area is 236 Å². The van der Waals surface area contributed by atoms with Gasteiger partial charge in [0.2, 0.25) is 11.8 Å². The van der Waals surface area contributed by atoms with Crippen molar-refractivity contribution in [3.8, 4) is 5.75 Å². The number of amides is 3. The van der Waals surface area contributed by atoms with E-state index in [0.717, 1.165) is 51.4 Å². The molecule has 1 aromatic rings. The fourth-order valence-electron chi connectivity index (χ4n) is 4.36. The van der Waals surface area contributed by atoms with E-state index in [1.54, 1.807) is 37.8 Å². The van der Waals surface area contributed by atoms with Crippen molar-refractivity contribution < 1.29 is 24.2 Å². The highest BCUT2D eigenvalue weighted by atomic mass is 16.6. The Kier molecular flexibility index (Phi) is 15.6. The van der Waals surface area contributed by atoms with Crippen molar-refractivity contribution in [1.29, 1.82) is 0 Å². The Balaban J connectivity index is 3.42. The molecular formula is C31H53N3O5. The topological polar surface area (TPSA) is 108 Å². The second-order valence-electron chi connectivity index (χ2n) is 11.4. The maximum atomic E-state index is 14.3. The van der Waals surface area contributed by atoms with E-state index in [4.69, 9.17) is 4.74 Å². The van der Waals surface area contributed by atoms with Gasteiger partial charge in [0.05, 0.1) is 0 Å². The van der Waals surface area contributed by atoms with E-state index in [9.17, 15) is 19.5 Å². The van der Waals surface area contributed by atoms with E-state index in [1.165, 1.54) is 12.1 Å². The van der Waals surface area contributed by atoms with Crippen LogP contribution in [0.5, 0.6) is 5.75 Å². The number of nitrogens with zero attached hydrogens (tertiary/aromatic N) is 1. The molecule has 0 saturated carbocycles. The number of unbranched alkanes of at least 4 members (excludes halogenated alkanes) is 6. The number of hydrogen-bond donors (Lipinski definition) is 3. The Morgan fingerprint density at radius 1 is 0.923 bits per heavy atom. The number of aromatic hydroxyl groups is 1. The Hall–Kier alpha value is -2.77. The lowest BCUT2D eigenvalue weighted by atomic mass is 9.95. The molecule has 3 amide bonds. The van der Waals surface area contributed by atoms with Gasteiger partial charge in [0.1, 0.15) is 23.4 Å². The van der Waals surface area contributed by atoms with Crippen LogP contribution in [0.3, 0.4) is 0 Å². The molecule has 1 aromatic carbocycles. The largest absolute Gasteiger partial charge is 0.508 e. The van der Waals surface area contributed by atoms with Crippen molar-refractivity contribution in [2.45, 2.75) is 124 Å². The summed E-state index contributed by atoms with van der Waals surface area (Å²) in [7, 11) is 0. The average molecular weight is 548 g/mol. The predicted molar refractivity (Wildman–Crippen MR) is 156 cm³/mol. The first-order valence-corrected chi connectivity index (χ1v) is 14.8. The summed E-state index contributed by atoms with van der Waals surface area (Å²) >= 11 is 0. The third-order valence-corrected chi connectivity index (χ3v) is 6.79. The van der Waals surface area contributed by atoms with Gasteiger partial charge in [-0.2, -0.15) is 0 Å². The summed E-state index contributed by atoms with van der Waals surface area (Å²) in [6.07, 6.45) is 7.83. The molecule has 3 N–H and O–H groups in total. The average Bonchev–Trinajstić information content (AvgIpc) is 2.88. The summed E-state index contributed by atoms with van der Waals surface area (Å²) in [4.78, 5) is 42.3. The zero-order valence-electron chi connectivity index (χ0n) is 25.3. The number of phenolic OH excluding ortho intramolecular Hbond substituents is 1. The summed E-state index contributed by atoms with van der Waals surface area (Å²) < 4.78 is 5.47. The van der Waals surface area contributed by atoms with E-state index < -0.39 is 23.8 Å². The molecule has 0 saturated heterocycles. The van der Waals surface area contributed by atoms with E-state index >= 15 is 0 Å². The minimum absolute atomic E-state index is 0.0855. The van der Waals surface area contributed by atoms with Crippen LogP contribution >= 0.6 is 0 Å². The molecule has 0 spiro atoms. The van der Waals surface area contributed by atoms with E-state index in [2.05, 4.69) is 24.5 Å². The number of ether oxygens (including phenoxy) is 1. The van der Waals surface area contributed by atoms with Crippen molar-refractivity contribution in [2.24, 2.45) is 5.92 Å². The van der Waals surface area contributed by atoms with Gasteiger partial charge in [-0.15, -0.1) is 0 Å². The molecule has 0 heterocycles. The molecule has 0 bridgehead atoms. The maximum absolute atomic E-state index is 14.3. The smallest absolute Gasteiger partial charge is 0.408 e. The molecule has 39 heavy (non-hydrogen) atoms. The molecular weight excluding hydrogens is 494 g/mol. The lowest BCUT2D eigenvalue weighted by molar-refractivity contribution is -0.143. The van der Waals surface area contributed by atoms with E-state index in [0.29, 0.717) is 25.1 Å². The first-order chi connectivity index (χ1) is 18.4. The van der Waals surface area contributed by atoms with Crippen molar-refractivity contribution in [1.82, 2.24) is 15.5 Å². The zero-order chi connectivity index (χ0) is 29.4. The molecule has 1 rings (SSSR count). The summed E-state index contributed by atoms with van der Waals surface area (Å²) in [6.45, 7) is 14.4. The van der Waals surface area contributed by atoms with Gasteiger partial charge in [-0.25, -0.2) is 4.79 Å². The molecule has 8 heteroatoms. The number of carbonyl (C=O) groups is 3. The summed E-state index contributed by atoms with van der Waals surface area (Å²) in [5.41, 5.74) is -0.0955. The maximum Gasteiger partial charge on any atom is 0.408 e. The summed E-state index contributed by atoms with van der Waals surface area (Å²) in [5, 5.41) is 15.7. The predicted octanol–water partition coefficient (Wildman–Crippen LogP) is 6.48. The SMILES string of the molecule is CCCCCCCN(C(=O)C(NC(=O)OC(C)(C)C)C(C)CC)C(C(=O)NCCCCC)c1ccc(O)cc1. The molecule has 8 nitrogen and oxygen atoms in total. The lowest BCUT2D eigenvalue weighted by Crippen LogP contribution is -2.55. The van der Waals surface area contributed by atoms with Crippen LogP contribution in [0.2, 0.25) is 0 Å². The molecule has 0 aliphatic carbocycles. The molecule has 0 aliphatic heterocycles. The number of rotatable bonds is 17. The van der Waals surface area contributed by atoms with Crippen molar-refractivity contribution in [2.75, 3.05) is 13.1 Å². The normalized spacial score (nSPS) is 13.7. The molecule has 0 aromatic heterocycles. The summed E-state index contributed by atoms with van der Waals surface area (Å²) in [5.74, 6) is -0.672. The molecule has 3 atom stereocenters. The van der Waals surface area contributed by atoms with E-state index in [-0.39, 0.29) is 23.5 Å². The molecule has 0 aliphatic rings. The first-order valence-electron chi connectivity index (χ1n) is 14.8.